The minimum atomic E-state index is -0.585. The molecule has 0 bridgehead atoms. The molecule has 2 aromatic carbocycles. The van der Waals surface area contributed by atoms with Crippen molar-refractivity contribution in [3.8, 4) is 5.75 Å². The van der Waals surface area contributed by atoms with Gasteiger partial charge in [-0.25, -0.2) is 4.79 Å². The number of amides is 1. The van der Waals surface area contributed by atoms with Gasteiger partial charge >= 0.3 is 6.09 Å². The van der Waals surface area contributed by atoms with Gasteiger partial charge in [0.25, 0.3) is 0 Å². The van der Waals surface area contributed by atoms with Crippen molar-refractivity contribution in [1.82, 2.24) is 0 Å². The van der Waals surface area contributed by atoms with E-state index >= 15 is 0 Å². The maximum Gasteiger partial charge on any atom is 0.415 e. The van der Waals surface area contributed by atoms with Crippen LogP contribution in [0.15, 0.2) is 40.9 Å². The zero-order valence-corrected chi connectivity index (χ0v) is 18.2. The normalized spacial score (nSPS) is 16.7. The third-order valence-corrected chi connectivity index (χ3v) is 5.33. The Labute approximate surface area is 173 Å². The lowest BCUT2D eigenvalue weighted by molar-refractivity contribution is 0.0560. The Bertz CT molecular complexity index is 846. The van der Waals surface area contributed by atoms with Crippen LogP contribution in [0.2, 0.25) is 5.02 Å². The van der Waals surface area contributed by atoms with Gasteiger partial charge in [-0.05, 0) is 78.9 Å². The molecule has 1 aliphatic rings. The fourth-order valence-corrected chi connectivity index (χ4v) is 3.97. The molecule has 1 amide bonds. The van der Waals surface area contributed by atoms with Gasteiger partial charge in [0.15, 0.2) is 0 Å². The van der Waals surface area contributed by atoms with Crippen LogP contribution in [0.25, 0.3) is 0 Å². The molecule has 0 aliphatic carbocycles. The van der Waals surface area contributed by atoms with Crippen molar-refractivity contribution >= 4 is 39.3 Å². The Balaban J connectivity index is 2.09. The summed E-state index contributed by atoms with van der Waals surface area (Å²) in [4.78, 5) is 14.9. The predicted octanol–water partition coefficient (Wildman–Crippen LogP) is 6.54. The Hall–Kier alpha value is -1.72. The van der Waals surface area contributed by atoms with Gasteiger partial charge in [0.2, 0.25) is 0 Å². The molecule has 1 atom stereocenters. The van der Waals surface area contributed by atoms with E-state index in [1.807, 2.05) is 57.2 Å². The second-order valence-corrected chi connectivity index (χ2v) is 8.86. The Kier molecular flexibility index (Phi) is 5.73. The summed E-state index contributed by atoms with van der Waals surface area (Å²) in [5.41, 5.74) is 2.34. The maximum absolute atomic E-state index is 13.1. The monoisotopic (exact) mass is 451 g/mol. The van der Waals surface area contributed by atoms with Crippen LogP contribution in [0.3, 0.4) is 0 Å². The topological polar surface area (TPSA) is 38.8 Å². The summed E-state index contributed by atoms with van der Waals surface area (Å²) < 4.78 is 12.0. The third kappa shape index (κ3) is 4.41. The smallest absolute Gasteiger partial charge is 0.415 e. The molecule has 0 saturated heterocycles. The predicted molar refractivity (Wildman–Crippen MR) is 112 cm³/mol. The van der Waals surface area contributed by atoms with Crippen molar-refractivity contribution in [2.45, 2.75) is 45.3 Å². The van der Waals surface area contributed by atoms with Crippen LogP contribution >= 0.6 is 27.5 Å². The fourth-order valence-electron chi connectivity index (χ4n) is 3.29. The average molecular weight is 453 g/mol. The molecule has 0 radical (unpaired) electrons. The van der Waals surface area contributed by atoms with Gasteiger partial charge < -0.3 is 9.47 Å². The SMILES string of the molecule is COc1cc2c(cc1Br)CCC(c1ccc(Cl)cc1)N2C(=O)OC(C)(C)C. The molecular weight excluding hydrogens is 430 g/mol. The van der Waals surface area contributed by atoms with Crippen LogP contribution in [0, 0.1) is 0 Å². The number of nitrogens with zero attached hydrogens (tertiary/aromatic N) is 1. The number of carbonyl (C=O) groups is 1. The third-order valence-electron chi connectivity index (χ3n) is 4.46. The molecule has 4 nitrogen and oxygen atoms in total. The van der Waals surface area contributed by atoms with Crippen molar-refractivity contribution in [1.29, 1.82) is 0 Å². The summed E-state index contributed by atoms with van der Waals surface area (Å²) in [6.07, 6.45) is 1.28. The maximum atomic E-state index is 13.1. The number of hydrogen-bond acceptors (Lipinski definition) is 3. The molecule has 0 aromatic heterocycles. The summed E-state index contributed by atoms with van der Waals surface area (Å²) in [5.74, 6) is 0.680. The lowest BCUT2D eigenvalue weighted by Gasteiger charge is -2.38. The van der Waals surface area contributed by atoms with Gasteiger partial charge in [-0.1, -0.05) is 23.7 Å². The Morgan fingerprint density at radius 3 is 2.48 bits per heavy atom. The number of aryl methyl sites for hydroxylation is 1. The largest absolute Gasteiger partial charge is 0.495 e. The van der Waals surface area contributed by atoms with Crippen molar-refractivity contribution in [3.63, 3.8) is 0 Å². The molecule has 2 aromatic rings. The lowest BCUT2D eigenvalue weighted by Crippen LogP contribution is -2.42. The molecule has 0 saturated carbocycles. The van der Waals surface area contributed by atoms with Crippen LogP contribution < -0.4 is 9.64 Å². The molecule has 27 heavy (non-hydrogen) atoms. The van der Waals surface area contributed by atoms with E-state index in [0.29, 0.717) is 10.8 Å². The highest BCUT2D eigenvalue weighted by atomic mass is 79.9. The van der Waals surface area contributed by atoms with Crippen molar-refractivity contribution in [2.75, 3.05) is 12.0 Å². The van der Waals surface area contributed by atoms with Crippen molar-refractivity contribution in [3.05, 3.63) is 57.0 Å². The van der Waals surface area contributed by atoms with E-state index in [-0.39, 0.29) is 12.1 Å². The molecule has 144 valence electrons. The van der Waals surface area contributed by atoms with E-state index in [1.54, 1.807) is 12.0 Å². The van der Waals surface area contributed by atoms with Crippen molar-refractivity contribution < 1.29 is 14.3 Å². The second kappa shape index (κ2) is 7.72. The molecule has 6 heteroatoms. The number of ether oxygens (including phenoxy) is 2. The summed E-state index contributed by atoms with van der Waals surface area (Å²) in [5, 5.41) is 0.671. The highest BCUT2D eigenvalue weighted by molar-refractivity contribution is 9.10. The van der Waals surface area contributed by atoms with E-state index in [0.717, 1.165) is 34.1 Å². The van der Waals surface area contributed by atoms with Gasteiger partial charge in [0, 0.05) is 11.1 Å². The molecular formula is C21H23BrClNO3. The van der Waals surface area contributed by atoms with Gasteiger partial charge in [0.05, 0.1) is 23.3 Å². The van der Waals surface area contributed by atoms with Crippen LogP contribution in [-0.4, -0.2) is 18.8 Å². The zero-order valence-electron chi connectivity index (χ0n) is 15.9. The summed E-state index contributed by atoms with van der Waals surface area (Å²) >= 11 is 9.58. The zero-order chi connectivity index (χ0) is 19.8. The van der Waals surface area contributed by atoms with Crippen LogP contribution in [-0.2, 0) is 11.2 Å². The summed E-state index contributed by atoms with van der Waals surface area (Å²) in [6, 6.07) is 11.4. The Morgan fingerprint density at radius 1 is 1.22 bits per heavy atom. The number of carbonyl (C=O) groups excluding carboxylic acids is 1. The fraction of sp³-hybridized carbons (Fsp3) is 0.381. The molecule has 1 aliphatic heterocycles. The minimum Gasteiger partial charge on any atom is -0.495 e. The Morgan fingerprint density at radius 2 is 1.89 bits per heavy atom. The van der Waals surface area contributed by atoms with Gasteiger partial charge in [-0.3, -0.25) is 4.90 Å². The van der Waals surface area contributed by atoms with E-state index < -0.39 is 5.60 Å². The molecule has 0 spiro atoms. The van der Waals surface area contributed by atoms with E-state index in [2.05, 4.69) is 15.9 Å². The van der Waals surface area contributed by atoms with E-state index in [4.69, 9.17) is 21.1 Å². The first-order valence-corrected chi connectivity index (χ1v) is 10.0. The lowest BCUT2D eigenvalue weighted by atomic mass is 9.91. The van der Waals surface area contributed by atoms with Gasteiger partial charge in [0.1, 0.15) is 11.4 Å². The first kappa shape index (κ1) is 20.0. The van der Waals surface area contributed by atoms with Crippen molar-refractivity contribution in [2.24, 2.45) is 0 Å². The summed E-state index contributed by atoms with van der Waals surface area (Å²) in [6.45, 7) is 5.61. The van der Waals surface area contributed by atoms with Crippen LogP contribution in [0.1, 0.15) is 44.4 Å². The van der Waals surface area contributed by atoms with Crippen LogP contribution in [0.4, 0.5) is 10.5 Å². The minimum absolute atomic E-state index is 0.129. The number of rotatable bonds is 2. The van der Waals surface area contributed by atoms with Gasteiger partial charge in [-0.2, -0.15) is 0 Å². The average Bonchev–Trinajstić information content (AvgIpc) is 2.59. The van der Waals surface area contributed by atoms with Gasteiger partial charge in [-0.15, -0.1) is 0 Å². The number of anilines is 1. The number of benzene rings is 2. The molecule has 0 fully saturated rings. The van der Waals surface area contributed by atoms with E-state index in [1.165, 1.54) is 0 Å². The number of fused-ring (bicyclic) bond motifs is 1. The molecule has 0 N–H and O–H groups in total. The van der Waals surface area contributed by atoms with E-state index in [9.17, 15) is 4.79 Å². The molecule has 3 rings (SSSR count). The number of hydrogen-bond donors (Lipinski definition) is 0. The highest BCUT2D eigenvalue weighted by Crippen LogP contribution is 2.43. The summed E-state index contributed by atoms with van der Waals surface area (Å²) in [7, 11) is 1.61. The van der Waals surface area contributed by atoms with Crippen LogP contribution in [0.5, 0.6) is 5.75 Å². The first-order chi connectivity index (χ1) is 12.7. The first-order valence-electron chi connectivity index (χ1n) is 8.83. The molecule has 1 unspecified atom stereocenters. The standard InChI is InChI=1S/C21H23BrClNO3/c1-21(2,3)27-20(25)24-17(13-5-8-15(23)9-6-13)10-7-14-11-16(22)19(26-4)12-18(14)24/h5-6,8-9,11-12,17H,7,10H2,1-4H3. The number of halogens is 2. The highest BCUT2D eigenvalue weighted by Gasteiger charge is 2.35. The second-order valence-electron chi connectivity index (χ2n) is 7.57. The molecule has 1 heterocycles. The quantitative estimate of drug-likeness (QED) is 0.519. The number of methoxy groups -OCH3 is 1.